The first-order valence-electron chi connectivity index (χ1n) is 6.59. The van der Waals surface area contributed by atoms with E-state index in [4.69, 9.17) is 10.6 Å². The Balaban J connectivity index is 2.08. The summed E-state index contributed by atoms with van der Waals surface area (Å²) in [6, 6.07) is 17.9. The maximum Gasteiger partial charge on any atom is 0.120 e. The molecule has 3 nitrogen and oxygen atoms in total. The summed E-state index contributed by atoms with van der Waals surface area (Å²) in [4.78, 5) is 0. The molecule has 0 aliphatic heterocycles. The zero-order valence-electron chi connectivity index (χ0n) is 11.7. The molecule has 0 spiro atoms. The van der Waals surface area contributed by atoms with E-state index < -0.39 is 0 Å². The second-order valence-corrected chi connectivity index (χ2v) is 4.79. The van der Waals surface area contributed by atoms with Crippen LogP contribution in [-0.4, -0.2) is 0 Å². The summed E-state index contributed by atoms with van der Waals surface area (Å²) < 4.78 is 5.81. The van der Waals surface area contributed by atoms with Crippen molar-refractivity contribution in [3.63, 3.8) is 0 Å². The first kappa shape index (κ1) is 14.3. The predicted molar refractivity (Wildman–Crippen MR) is 82.1 cm³/mol. The Hall–Kier alpha value is -2.10. The van der Waals surface area contributed by atoms with E-state index in [2.05, 4.69) is 12.0 Å². The van der Waals surface area contributed by atoms with E-state index in [1.165, 1.54) is 0 Å². The Labute approximate surface area is 120 Å². The van der Waals surface area contributed by atoms with E-state index in [0.29, 0.717) is 6.61 Å². The van der Waals surface area contributed by atoms with Gasteiger partial charge in [-0.15, -0.1) is 0 Å². The highest BCUT2D eigenvalue weighted by Gasteiger charge is 2.10. The summed E-state index contributed by atoms with van der Waals surface area (Å²) in [7, 11) is 0. The average Bonchev–Trinajstić information content (AvgIpc) is 2.47. The van der Waals surface area contributed by atoms with Gasteiger partial charge >= 0.3 is 0 Å². The maximum atomic E-state index is 5.81. The number of nitrogens with two attached hydrogens (primary N) is 1. The molecule has 0 saturated carbocycles. The van der Waals surface area contributed by atoms with E-state index >= 15 is 0 Å². The van der Waals surface area contributed by atoms with Crippen LogP contribution in [0.1, 0.15) is 24.1 Å². The number of hydrogen-bond donors (Lipinski definition) is 2. The van der Waals surface area contributed by atoms with Gasteiger partial charge in [0.2, 0.25) is 0 Å². The quantitative estimate of drug-likeness (QED) is 0.480. The van der Waals surface area contributed by atoms with Gasteiger partial charge in [-0.3, -0.25) is 5.84 Å². The lowest BCUT2D eigenvalue weighted by molar-refractivity contribution is 0.305. The summed E-state index contributed by atoms with van der Waals surface area (Å²) in [5.74, 6) is 6.40. The summed E-state index contributed by atoms with van der Waals surface area (Å²) in [6.07, 6.45) is 0. The SMILES string of the molecule is C=C(C)C(NN)c1cccc(OCc2ccccc2)c1. The van der Waals surface area contributed by atoms with Crippen LogP contribution in [-0.2, 0) is 6.61 Å². The molecule has 0 heterocycles. The zero-order valence-corrected chi connectivity index (χ0v) is 11.7. The van der Waals surface area contributed by atoms with Crippen LogP contribution in [0.5, 0.6) is 5.75 Å². The Morgan fingerprint density at radius 3 is 2.60 bits per heavy atom. The highest BCUT2D eigenvalue weighted by atomic mass is 16.5. The summed E-state index contributed by atoms with van der Waals surface area (Å²) in [6.45, 7) is 6.44. The van der Waals surface area contributed by atoms with E-state index in [-0.39, 0.29) is 6.04 Å². The topological polar surface area (TPSA) is 47.3 Å². The van der Waals surface area contributed by atoms with Crippen LogP contribution in [0.25, 0.3) is 0 Å². The number of hydrogen-bond acceptors (Lipinski definition) is 3. The third-order valence-corrected chi connectivity index (χ3v) is 3.10. The zero-order chi connectivity index (χ0) is 14.4. The molecule has 3 heteroatoms. The molecule has 1 unspecified atom stereocenters. The van der Waals surface area contributed by atoms with Crippen LogP contribution in [0.2, 0.25) is 0 Å². The van der Waals surface area contributed by atoms with Crippen molar-refractivity contribution in [2.75, 3.05) is 0 Å². The Morgan fingerprint density at radius 2 is 1.95 bits per heavy atom. The summed E-state index contributed by atoms with van der Waals surface area (Å²) in [5, 5.41) is 0. The van der Waals surface area contributed by atoms with Gasteiger partial charge in [0.1, 0.15) is 12.4 Å². The van der Waals surface area contributed by atoms with Crippen molar-refractivity contribution in [3.05, 3.63) is 77.9 Å². The molecule has 0 aromatic heterocycles. The van der Waals surface area contributed by atoms with Crippen LogP contribution in [0.4, 0.5) is 0 Å². The summed E-state index contributed by atoms with van der Waals surface area (Å²) in [5.41, 5.74) is 5.92. The Bertz CT molecular complexity index is 566. The fourth-order valence-electron chi connectivity index (χ4n) is 2.05. The van der Waals surface area contributed by atoms with Crippen molar-refractivity contribution in [1.29, 1.82) is 0 Å². The second-order valence-electron chi connectivity index (χ2n) is 4.79. The van der Waals surface area contributed by atoms with Crippen LogP contribution in [0.3, 0.4) is 0 Å². The van der Waals surface area contributed by atoms with Crippen LogP contribution >= 0.6 is 0 Å². The van der Waals surface area contributed by atoms with Crippen molar-refractivity contribution in [2.45, 2.75) is 19.6 Å². The van der Waals surface area contributed by atoms with Crippen LogP contribution in [0.15, 0.2) is 66.7 Å². The molecule has 2 rings (SSSR count). The monoisotopic (exact) mass is 268 g/mol. The summed E-state index contributed by atoms with van der Waals surface area (Å²) >= 11 is 0. The minimum absolute atomic E-state index is 0.0599. The van der Waals surface area contributed by atoms with E-state index in [9.17, 15) is 0 Å². The first-order chi connectivity index (χ1) is 9.70. The van der Waals surface area contributed by atoms with Gasteiger partial charge in [-0.25, -0.2) is 5.43 Å². The minimum Gasteiger partial charge on any atom is -0.489 e. The van der Waals surface area contributed by atoms with Gasteiger partial charge < -0.3 is 4.74 Å². The van der Waals surface area contributed by atoms with Gasteiger partial charge in [0.05, 0.1) is 6.04 Å². The molecule has 0 saturated heterocycles. The van der Waals surface area contributed by atoms with Crippen molar-refractivity contribution in [2.24, 2.45) is 5.84 Å². The molecular weight excluding hydrogens is 248 g/mol. The fraction of sp³-hybridized carbons (Fsp3) is 0.176. The lowest BCUT2D eigenvalue weighted by atomic mass is 10.0. The first-order valence-corrected chi connectivity index (χ1v) is 6.59. The number of benzene rings is 2. The average molecular weight is 268 g/mol. The Kier molecular flexibility index (Phi) is 4.93. The molecule has 20 heavy (non-hydrogen) atoms. The molecule has 0 fully saturated rings. The lowest BCUT2D eigenvalue weighted by Gasteiger charge is -2.17. The molecule has 2 aromatic rings. The van der Waals surface area contributed by atoms with Gasteiger partial charge in [-0.1, -0.05) is 54.6 Å². The third-order valence-electron chi connectivity index (χ3n) is 3.10. The second kappa shape index (κ2) is 6.89. The molecule has 104 valence electrons. The molecule has 0 radical (unpaired) electrons. The molecule has 0 aliphatic rings. The molecule has 0 aliphatic carbocycles. The van der Waals surface area contributed by atoms with Crippen molar-refractivity contribution in [1.82, 2.24) is 5.43 Å². The third kappa shape index (κ3) is 3.70. The van der Waals surface area contributed by atoms with Gasteiger partial charge in [0, 0.05) is 0 Å². The molecule has 1 atom stereocenters. The Morgan fingerprint density at radius 1 is 1.20 bits per heavy atom. The van der Waals surface area contributed by atoms with E-state index in [1.54, 1.807) is 0 Å². The fourth-order valence-corrected chi connectivity index (χ4v) is 2.05. The number of rotatable bonds is 6. The standard InChI is InChI=1S/C17H20N2O/c1-13(2)17(19-18)15-9-6-10-16(11-15)20-12-14-7-4-3-5-8-14/h3-11,17,19H,1,12,18H2,2H3. The van der Waals surface area contributed by atoms with Crippen LogP contribution < -0.4 is 16.0 Å². The van der Waals surface area contributed by atoms with Gasteiger partial charge in [-0.2, -0.15) is 0 Å². The molecule has 0 bridgehead atoms. The normalized spacial score (nSPS) is 11.9. The molecular formula is C17H20N2O. The van der Waals surface area contributed by atoms with Crippen molar-refractivity contribution < 1.29 is 4.74 Å². The number of hydrazine groups is 1. The predicted octanol–water partition coefficient (Wildman–Crippen LogP) is 3.35. The number of nitrogens with one attached hydrogen (secondary N) is 1. The smallest absolute Gasteiger partial charge is 0.120 e. The largest absolute Gasteiger partial charge is 0.489 e. The van der Waals surface area contributed by atoms with Crippen LogP contribution in [0, 0.1) is 0 Å². The van der Waals surface area contributed by atoms with Gasteiger partial charge in [0.15, 0.2) is 0 Å². The number of ether oxygens (including phenoxy) is 1. The van der Waals surface area contributed by atoms with Gasteiger partial charge in [0.25, 0.3) is 0 Å². The molecule has 2 aromatic carbocycles. The van der Waals surface area contributed by atoms with E-state index in [0.717, 1.165) is 22.4 Å². The molecule has 0 amide bonds. The van der Waals surface area contributed by atoms with Crippen molar-refractivity contribution >= 4 is 0 Å². The molecule has 3 N–H and O–H groups in total. The van der Waals surface area contributed by atoms with Crippen molar-refractivity contribution in [3.8, 4) is 5.75 Å². The lowest BCUT2D eigenvalue weighted by Crippen LogP contribution is -2.28. The maximum absolute atomic E-state index is 5.81. The minimum atomic E-state index is -0.0599. The highest BCUT2D eigenvalue weighted by Crippen LogP contribution is 2.23. The highest BCUT2D eigenvalue weighted by molar-refractivity contribution is 5.34. The van der Waals surface area contributed by atoms with Gasteiger partial charge in [-0.05, 0) is 30.2 Å². The van der Waals surface area contributed by atoms with E-state index in [1.807, 2.05) is 61.5 Å².